The van der Waals surface area contributed by atoms with E-state index in [-0.39, 0.29) is 30.3 Å². The van der Waals surface area contributed by atoms with Crippen LogP contribution < -0.4 is 5.73 Å². The highest BCUT2D eigenvalue weighted by Crippen LogP contribution is 2.37. The van der Waals surface area contributed by atoms with Crippen LogP contribution in [0.5, 0.6) is 0 Å². The van der Waals surface area contributed by atoms with Crippen LogP contribution in [0.2, 0.25) is 0 Å². The van der Waals surface area contributed by atoms with Crippen molar-refractivity contribution in [3.8, 4) is 0 Å². The van der Waals surface area contributed by atoms with E-state index in [0.29, 0.717) is 49.9 Å². The van der Waals surface area contributed by atoms with Crippen LogP contribution in [0.25, 0.3) is 11.6 Å². The Kier molecular flexibility index (Phi) is 9.86. The third-order valence-electron chi connectivity index (χ3n) is 6.55. The summed E-state index contributed by atoms with van der Waals surface area (Å²) in [5.41, 5.74) is 10.2. The van der Waals surface area contributed by atoms with Gasteiger partial charge in [-0.05, 0) is 53.9 Å². The molecule has 200 valence electrons. The van der Waals surface area contributed by atoms with E-state index >= 15 is 0 Å². The molecule has 2 aliphatic rings. The summed E-state index contributed by atoms with van der Waals surface area (Å²) in [7, 11) is 0. The number of aliphatic hydroxyl groups excluding tert-OH is 1. The Labute approximate surface area is 220 Å². The number of ether oxygens (including phenoxy) is 1. The lowest BCUT2D eigenvalue weighted by molar-refractivity contribution is -0.146. The number of hydrogen-bond donors (Lipinski definition) is 2. The van der Waals surface area contributed by atoms with Crippen LogP contribution in [0.1, 0.15) is 70.9 Å². The van der Waals surface area contributed by atoms with Gasteiger partial charge in [0.2, 0.25) is 5.91 Å². The molecule has 1 aliphatic heterocycles. The van der Waals surface area contributed by atoms with Crippen LogP contribution >= 0.6 is 0 Å². The summed E-state index contributed by atoms with van der Waals surface area (Å²) in [5, 5.41) is 9.21. The van der Waals surface area contributed by atoms with E-state index in [1.807, 2.05) is 45.0 Å². The van der Waals surface area contributed by atoms with Gasteiger partial charge in [0.15, 0.2) is 0 Å². The Morgan fingerprint density at radius 3 is 2.70 bits per heavy atom. The van der Waals surface area contributed by atoms with Gasteiger partial charge in [0.25, 0.3) is 0 Å². The van der Waals surface area contributed by atoms with Crippen molar-refractivity contribution < 1.29 is 19.4 Å². The minimum Gasteiger partial charge on any atom is -0.465 e. The van der Waals surface area contributed by atoms with E-state index in [4.69, 9.17) is 10.5 Å². The van der Waals surface area contributed by atoms with Gasteiger partial charge in [-0.3, -0.25) is 9.59 Å². The summed E-state index contributed by atoms with van der Waals surface area (Å²) < 4.78 is 5.38. The fourth-order valence-corrected chi connectivity index (χ4v) is 4.51. The molecular formula is C30H41N3O4. The molecule has 1 amide bonds. The molecule has 0 saturated heterocycles. The number of amides is 1. The van der Waals surface area contributed by atoms with E-state index in [9.17, 15) is 14.7 Å². The number of aliphatic imine (C=N–C) groups is 1. The van der Waals surface area contributed by atoms with Crippen molar-refractivity contribution in [1.82, 2.24) is 4.90 Å². The number of carbonyl (C=O) groups is 2. The summed E-state index contributed by atoms with van der Waals surface area (Å²) >= 11 is 0. The second-order valence-corrected chi connectivity index (χ2v) is 10.7. The topological polar surface area (TPSA) is 105 Å². The van der Waals surface area contributed by atoms with Gasteiger partial charge in [-0.25, -0.2) is 4.99 Å². The summed E-state index contributed by atoms with van der Waals surface area (Å²) in [4.78, 5) is 31.9. The SMILES string of the molecule is CCCN(CCCO)C(=O)C1=Cc2ccc(C3=CCC(C)(CC(=O)OCC(C)C)C=C3)cc2N=C(N)C1. The summed E-state index contributed by atoms with van der Waals surface area (Å²) in [6.07, 6.45) is 10.9. The zero-order chi connectivity index (χ0) is 27.0. The van der Waals surface area contributed by atoms with Gasteiger partial charge in [0.1, 0.15) is 5.84 Å². The number of carbonyl (C=O) groups excluding carboxylic acids is 2. The molecule has 1 heterocycles. The van der Waals surface area contributed by atoms with Crippen LogP contribution in [-0.2, 0) is 14.3 Å². The minimum absolute atomic E-state index is 0.0490. The van der Waals surface area contributed by atoms with Gasteiger partial charge < -0.3 is 20.5 Å². The molecule has 7 nitrogen and oxygen atoms in total. The number of hydrogen-bond acceptors (Lipinski definition) is 6. The van der Waals surface area contributed by atoms with Gasteiger partial charge in [0.05, 0.1) is 18.7 Å². The molecule has 0 saturated carbocycles. The number of amidine groups is 1. The highest BCUT2D eigenvalue weighted by Gasteiger charge is 2.27. The maximum atomic E-state index is 13.2. The lowest BCUT2D eigenvalue weighted by Crippen LogP contribution is -2.35. The van der Waals surface area contributed by atoms with E-state index < -0.39 is 0 Å². The monoisotopic (exact) mass is 507 g/mol. The summed E-state index contributed by atoms with van der Waals surface area (Å²) in [6.45, 7) is 9.79. The van der Waals surface area contributed by atoms with E-state index in [0.717, 1.165) is 35.2 Å². The number of aliphatic hydroxyl groups is 1. The Bertz CT molecular complexity index is 1120. The summed E-state index contributed by atoms with van der Waals surface area (Å²) in [5.74, 6) is 0.489. The molecule has 1 aromatic rings. The van der Waals surface area contributed by atoms with Crippen molar-refractivity contribution in [2.75, 3.05) is 26.3 Å². The van der Waals surface area contributed by atoms with Crippen LogP contribution in [0.4, 0.5) is 5.69 Å². The van der Waals surface area contributed by atoms with Crippen LogP contribution in [0.15, 0.2) is 47.0 Å². The van der Waals surface area contributed by atoms with Gasteiger partial charge in [-0.15, -0.1) is 0 Å². The van der Waals surface area contributed by atoms with Gasteiger partial charge >= 0.3 is 5.97 Å². The van der Waals surface area contributed by atoms with Crippen LogP contribution in [-0.4, -0.2) is 54.0 Å². The zero-order valence-electron chi connectivity index (χ0n) is 22.6. The molecular weight excluding hydrogens is 466 g/mol. The second kappa shape index (κ2) is 12.9. The number of rotatable bonds is 11. The van der Waals surface area contributed by atoms with Crippen molar-refractivity contribution in [3.63, 3.8) is 0 Å². The van der Waals surface area contributed by atoms with Gasteiger partial charge in [-0.1, -0.05) is 58.1 Å². The fourth-order valence-electron chi connectivity index (χ4n) is 4.51. The number of nitrogens with zero attached hydrogens (tertiary/aromatic N) is 2. The maximum absolute atomic E-state index is 13.2. The fraction of sp³-hybridized carbons (Fsp3) is 0.500. The first-order valence-corrected chi connectivity index (χ1v) is 13.3. The molecule has 0 bridgehead atoms. The van der Waals surface area contributed by atoms with Gasteiger partial charge in [0, 0.05) is 37.3 Å². The van der Waals surface area contributed by atoms with Gasteiger partial charge in [-0.2, -0.15) is 0 Å². The quantitative estimate of drug-likeness (QED) is 0.409. The molecule has 1 atom stereocenters. The second-order valence-electron chi connectivity index (χ2n) is 10.7. The largest absolute Gasteiger partial charge is 0.465 e. The molecule has 1 aliphatic carbocycles. The Morgan fingerprint density at radius 2 is 2.05 bits per heavy atom. The van der Waals surface area contributed by atoms with Crippen molar-refractivity contribution in [3.05, 3.63) is 53.1 Å². The number of fused-ring (bicyclic) bond motifs is 1. The predicted octanol–water partition coefficient (Wildman–Crippen LogP) is 5.02. The van der Waals surface area contributed by atoms with Crippen LogP contribution in [0, 0.1) is 11.3 Å². The number of benzene rings is 1. The first-order valence-electron chi connectivity index (χ1n) is 13.3. The molecule has 7 heteroatoms. The smallest absolute Gasteiger partial charge is 0.306 e. The predicted molar refractivity (Wildman–Crippen MR) is 149 cm³/mol. The number of allylic oxidation sites excluding steroid dienone is 4. The van der Waals surface area contributed by atoms with Crippen molar-refractivity contribution in [2.45, 2.75) is 59.8 Å². The molecule has 0 aromatic heterocycles. The van der Waals surface area contributed by atoms with E-state index in [1.165, 1.54) is 0 Å². The molecule has 3 N–H and O–H groups in total. The van der Waals surface area contributed by atoms with Crippen molar-refractivity contribution in [1.29, 1.82) is 0 Å². The average Bonchev–Trinajstić information content (AvgIpc) is 3.02. The van der Waals surface area contributed by atoms with Crippen molar-refractivity contribution >= 4 is 35.0 Å². The number of nitrogens with two attached hydrogens (primary N) is 1. The molecule has 1 aromatic carbocycles. The third kappa shape index (κ3) is 7.89. The highest BCUT2D eigenvalue weighted by molar-refractivity contribution is 6.05. The molecule has 0 spiro atoms. The van der Waals surface area contributed by atoms with E-state index in [1.54, 1.807) is 4.90 Å². The van der Waals surface area contributed by atoms with Crippen molar-refractivity contribution in [2.24, 2.45) is 22.1 Å². The Hall–Kier alpha value is -3.19. The lowest BCUT2D eigenvalue weighted by atomic mass is 9.78. The first-order chi connectivity index (χ1) is 17.6. The average molecular weight is 508 g/mol. The lowest BCUT2D eigenvalue weighted by Gasteiger charge is -2.27. The maximum Gasteiger partial charge on any atom is 0.306 e. The Morgan fingerprint density at radius 1 is 1.27 bits per heavy atom. The Balaban J connectivity index is 1.77. The molecule has 0 fully saturated rings. The molecule has 37 heavy (non-hydrogen) atoms. The first kappa shape index (κ1) is 28.4. The third-order valence-corrected chi connectivity index (χ3v) is 6.55. The van der Waals surface area contributed by atoms with Crippen LogP contribution in [0.3, 0.4) is 0 Å². The molecule has 3 rings (SSSR count). The molecule has 0 radical (unpaired) electrons. The zero-order valence-corrected chi connectivity index (χ0v) is 22.6. The summed E-state index contributed by atoms with van der Waals surface area (Å²) in [6, 6.07) is 6.00. The minimum atomic E-state index is -0.274. The number of esters is 1. The standard InChI is InChI=1S/C30H41N3O4/c1-5-13-33(14-6-15-34)29(36)25-16-24-8-7-23(17-26(24)32-27(31)18-25)22-9-11-30(4,12-10-22)19-28(35)37-20-21(2)3/h7-11,16-17,21,34H,5-6,12-15,18-20H2,1-4H3,(H2,31,32). The normalized spacial score (nSPS) is 18.9. The molecule has 1 unspecified atom stereocenters. The highest BCUT2D eigenvalue weighted by atomic mass is 16.5. The van der Waals surface area contributed by atoms with E-state index in [2.05, 4.69) is 30.1 Å².